The summed E-state index contributed by atoms with van der Waals surface area (Å²) in [6.07, 6.45) is 0.239. The minimum Gasteiger partial charge on any atom is -0.449 e. The van der Waals surface area contributed by atoms with E-state index in [2.05, 4.69) is 10.3 Å². The molecule has 19 heteroatoms. The van der Waals surface area contributed by atoms with Crippen LogP contribution in [0.2, 0.25) is 0 Å². The fourth-order valence-electron chi connectivity index (χ4n) is 6.15. The SMILES string of the molecule is CC(C)C[C@@H](NC(=O)[C@H](CC(=O)c1ccccn1)Cc1ccccc1)B1OCc2ccc(N(C)C(=O)OCCCC(=O)CC(P(=O)(O)O)P(=O)(O)O)cc2CO1. The Hall–Kier alpha value is -4.05. The summed E-state index contributed by atoms with van der Waals surface area (Å²) in [5.41, 5.74) is 3.20. The number of amides is 2. The van der Waals surface area contributed by atoms with Crippen LogP contribution in [-0.2, 0) is 52.4 Å². The van der Waals surface area contributed by atoms with Crippen molar-refractivity contribution in [3.8, 4) is 0 Å². The highest BCUT2D eigenvalue weighted by molar-refractivity contribution is 7.70. The van der Waals surface area contributed by atoms with Gasteiger partial charge in [-0.3, -0.25) is 33.4 Å². The number of nitrogens with zero attached hydrogens (tertiary/aromatic N) is 2. The number of nitrogens with one attached hydrogen (secondary N) is 1. The van der Waals surface area contributed by atoms with Gasteiger partial charge in [0.15, 0.2) is 11.2 Å². The van der Waals surface area contributed by atoms with Crippen molar-refractivity contribution in [3.63, 3.8) is 0 Å². The van der Waals surface area contributed by atoms with E-state index in [1.165, 1.54) is 18.1 Å². The number of rotatable bonds is 19. The van der Waals surface area contributed by atoms with Crippen molar-refractivity contribution in [1.29, 1.82) is 0 Å². The van der Waals surface area contributed by atoms with Crippen molar-refractivity contribution in [2.75, 3.05) is 18.6 Å². The molecule has 2 atom stereocenters. The lowest BCUT2D eigenvalue weighted by Crippen LogP contribution is -2.51. The zero-order valence-corrected chi connectivity index (χ0v) is 33.2. The van der Waals surface area contributed by atoms with E-state index in [0.29, 0.717) is 18.5 Å². The molecule has 0 saturated carbocycles. The lowest BCUT2D eigenvalue weighted by Gasteiger charge is -2.27. The maximum absolute atomic E-state index is 14.0. The second-order valence-corrected chi connectivity index (χ2v) is 18.1. The first-order valence-corrected chi connectivity index (χ1v) is 21.4. The summed E-state index contributed by atoms with van der Waals surface area (Å²) in [5.74, 6) is -2.43. The number of hydrogen-bond donors (Lipinski definition) is 5. The van der Waals surface area contributed by atoms with Gasteiger partial charge in [0.2, 0.25) is 5.91 Å². The van der Waals surface area contributed by atoms with Gasteiger partial charge in [0.05, 0.1) is 25.8 Å². The quantitative estimate of drug-likeness (QED) is 0.0473. The number of ether oxygens (including phenoxy) is 1. The van der Waals surface area contributed by atoms with E-state index in [1.54, 1.807) is 36.4 Å². The lowest BCUT2D eigenvalue weighted by atomic mass is 9.73. The predicted molar refractivity (Wildman–Crippen MR) is 206 cm³/mol. The molecule has 1 aliphatic rings. The molecule has 0 saturated heterocycles. The molecular formula is C37H48BN3O13P2. The van der Waals surface area contributed by atoms with Crippen molar-refractivity contribution in [1.82, 2.24) is 10.3 Å². The van der Waals surface area contributed by atoms with Gasteiger partial charge in [-0.05, 0) is 66.1 Å². The normalized spacial score (nSPS) is 14.4. The summed E-state index contributed by atoms with van der Waals surface area (Å²) in [5, 5.41) is 0.702. The van der Waals surface area contributed by atoms with Crippen LogP contribution in [0, 0.1) is 11.8 Å². The molecule has 0 fully saturated rings. The summed E-state index contributed by atoms with van der Waals surface area (Å²) in [4.78, 5) is 94.5. The molecule has 0 bridgehead atoms. The molecule has 2 heterocycles. The Labute approximate surface area is 325 Å². The molecular weight excluding hydrogens is 767 g/mol. The van der Waals surface area contributed by atoms with Gasteiger partial charge in [-0.15, -0.1) is 0 Å². The highest BCUT2D eigenvalue weighted by atomic mass is 31.2. The molecule has 0 radical (unpaired) electrons. The van der Waals surface area contributed by atoms with Gasteiger partial charge in [-0.25, -0.2) is 4.79 Å². The van der Waals surface area contributed by atoms with Crippen molar-refractivity contribution >= 4 is 51.6 Å². The number of benzene rings is 2. The van der Waals surface area contributed by atoms with Crippen LogP contribution in [0.25, 0.3) is 0 Å². The Bertz CT molecular complexity index is 1890. The van der Waals surface area contributed by atoms with Gasteiger partial charge in [0, 0.05) is 44.1 Å². The van der Waals surface area contributed by atoms with Crippen LogP contribution >= 0.6 is 15.2 Å². The zero-order valence-electron chi connectivity index (χ0n) is 31.4. The molecule has 2 amide bonds. The molecule has 3 aromatic rings. The Kier molecular flexibility index (Phi) is 16.3. The number of carbonyl (C=O) groups excluding carboxylic acids is 4. The van der Waals surface area contributed by atoms with Crippen molar-refractivity contribution in [2.24, 2.45) is 11.8 Å². The molecule has 1 aliphatic heterocycles. The number of ketones is 2. The van der Waals surface area contributed by atoms with Crippen LogP contribution in [0.1, 0.15) is 73.1 Å². The van der Waals surface area contributed by atoms with Gasteiger partial charge < -0.3 is 38.9 Å². The molecule has 4 rings (SSSR count). The molecule has 0 spiro atoms. The predicted octanol–water partition coefficient (Wildman–Crippen LogP) is 4.81. The van der Waals surface area contributed by atoms with Gasteiger partial charge in [0.1, 0.15) is 11.5 Å². The summed E-state index contributed by atoms with van der Waals surface area (Å²) in [7, 11) is -9.82. The minimum atomic E-state index is -5.23. The second-order valence-electron chi connectivity index (χ2n) is 14.1. The van der Waals surface area contributed by atoms with Crippen LogP contribution in [0.15, 0.2) is 72.9 Å². The van der Waals surface area contributed by atoms with E-state index in [4.69, 9.17) is 14.0 Å². The van der Waals surface area contributed by atoms with Crippen LogP contribution in [0.5, 0.6) is 0 Å². The first kappa shape index (κ1) is 44.7. The Morgan fingerprint density at radius 3 is 2.20 bits per heavy atom. The second kappa shape index (κ2) is 20.4. The third kappa shape index (κ3) is 13.6. The molecule has 302 valence electrons. The van der Waals surface area contributed by atoms with E-state index in [0.717, 1.165) is 16.7 Å². The molecule has 0 unspecified atom stereocenters. The third-order valence-corrected chi connectivity index (χ3v) is 12.9. The summed E-state index contributed by atoms with van der Waals surface area (Å²) in [6, 6.07) is 19.8. The number of hydrogen-bond acceptors (Lipinski definition) is 10. The van der Waals surface area contributed by atoms with Gasteiger partial charge in [-0.2, -0.15) is 0 Å². The Balaban J connectivity index is 1.36. The van der Waals surface area contributed by atoms with Crippen molar-refractivity contribution in [2.45, 2.75) is 76.9 Å². The lowest BCUT2D eigenvalue weighted by molar-refractivity contribution is -0.125. The van der Waals surface area contributed by atoms with Crippen molar-refractivity contribution in [3.05, 3.63) is 95.3 Å². The summed E-state index contributed by atoms with van der Waals surface area (Å²) >= 11 is 0. The average molecular weight is 816 g/mol. The Morgan fingerprint density at radius 2 is 1.57 bits per heavy atom. The molecule has 56 heavy (non-hydrogen) atoms. The molecule has 0 aliphatic carbocycles. The first-order valence-electron chi connectivity index (χ1n) is 18.1. The number of anilines is 1. The average Bonchev–Trinajstić information content (AvgIpc) is 3.36. The molecule has 2 aromatic carbocycles. The monoisotopic (exact) mass is 815 g/mol. The van der Waals surface area contributed by atoms with E-state index in [9.17, 15) is 47.9 Å². The number of pyridine rings is 1. The van der Waals surface area contributed by atoms with Crippen LogP contribution in [0.3, 0.4) is 0 Å². The molecule has 5 N–H and O–H groups in total. The summed E-state index contributed by atoms with van der Waals surface area (Å²) < 4.78 is 40.6. The van der Waals surface area contributed by atoms with Crippen LogP contribution in [-0.4, -0.2) is 80.2 Å². The summed E-state index contributed by atoms with van der Waals surface area (Å²) in [6.45, 7) is 4.05. The van der Waals surface area contributed by atoms with Crippen molar-refractivity contribution < 1.29 is 61.9 Å². The number of fused-ring (bicyclic) bond motifs is 1. The topological polar surface area (TPSA) is 239 Å². The molecule has 16 nitrogen and oxygen atoms in total. The largest absolute Gasteiger partial charge is 0.481 e. The van der Waals surface area contributed by atoms with Gasteiger partial charge in [0.25, 0.3) is 0 Å². The number of Topliss-reactive ketones (excluding diaryl/α,β-unsaturated/α-hetero) is 2. The number of aromatic nitrogens is 1. The minimum absolute atomic E-state index is 0.0359. The van der Waals surface area contributed by atoms with E-state index in [-0.39, 0.29) is 62.4 Å². The fourth-order valence-corrected chi connectivity index (χ4v) is 8.60. The maximum atomic E-state index is 14.0. The number of carbonyl (C=O) groups is 4. The smallest absolute Gasteiger partial charge is 0.449 e. The van der Waals surface area contributed by atoms with E-state index >= 15 is 0 Å². The van der Waals surface area contributed by atoms with Crippen LogP contribution in [0.4, 0.5) is 10.5 Å². The highest BCUT2D eigenvalue weighted by Gasteiger charge is 2.44. The fraction of sp³-hybridized carbons (Fsp3) is 0.432. The molecule has 1 aromatic heterocycles. The first-order chi connectivity index (χ1) is 26.4. The van der Waals surface area contributed by atoms with E-state index < -0.39 is 57.9 Å². The van der Waals surface area contributed by atoms with Gasteiger partial charge >= 0.3 is 28.4 Å². The van der Waals surface area contributed by atoms with E-state index in [1.807, 2.05) is 44.2 Å². The Morgan fingerprint density at radius 1 is 0.911 bits per heavy atom. The third-order valence-electron chi connectivity index (χ3n) is 9.13. The maximum Gasteiger partial charge on any atom is 0.481 e. The van der Waals surface area contributed by atoms with Crippen LogP contribution < -0.4 is 10.2 Å². The zero-order chi connectivity index (χ0) is 41.0. The van der Waals surface area contributed by atoms with Gasteiger partial charge in [-0.1, -0.05) is 56.3 Å². The highest BCUT2D eigenvalue weighted by Crippen LogP contribution is 2.61. The standard InChI is InChI=1S/C37H48BN3O13P2/c1-25(2)18-34(40-36(44)28(19-26-10-5-4-6-11-26)21-33(43)32-13-7-8-16-39-32)38-53-23-27-14-15-30(20-29(27)24-54-38)41(3)37(45)52-17-9-12-31(42)22-35(55(46,47)48)56(49,50)51/h4-8,10-11,13-16,20,25,28,34-35H,9,12,17-19,21-24H2,1-3H3,(H,40,44)(H2,46,47,48)(H2,49,50,51)/t28-,34+/m0/s1.